The third kappa shape index (κ3) is 4.00. The van der Waals surface area contributed by atoms with Gasteiger partial charge in [-0.3, -0.25) is 9.59 Å². The number of anilines is 1. The summed E-state index contributed by atoms with van der Waals surface area (Å²) in [7, 11) is 1.44. The number of nitrogens with one attached hydrogen (secondary N) is 1. The summed E-state index contributed by atoms with van der Waals surface area (Å²) in [6.45, 7) is 0. The Hall–Kier alpha value is -3.69. The zero-order valence-electron chi connectivity index (χ0n) is 14.3. The van der Waals surface area contributed by atoms with E-state index in [9.17, 15) is 22.8 Å². The lowest BCUT2D eigenvalue weighted by molar-refractivity contribution is -0.159. The van der Waals surface area contributed by atoms with E-state index in [2.05, 4.69) is 20.0 Å². The average molecular weight is 391 g/mol. The lowest BCUT2D eigenvalue weighted by Gasteiger charge is -2.09. The molecule has 1 heterocycles. The van der Waals surface area contributed by atoms with Crippen LogP contribution >= 0.6 is 0 Å². The van der Waals surface area contributed by atoms with Gasteiger partial charge in [-0.1, -0.05) is 17.3 Å². The zero-order chi connectivity index (χ0) is 20.3. The highest BCUT2D eigenvalue weighted by atomic mass is 19.4. The van der Waals surface area contributed by atoms with E-state index in [1.54, 1.807) is 24.3 Å². The average Bonchev–Trinajstić information content (AvgIpc) is 3.18. The number of hydrogen-bond acceptors (Lipinski definition) is 6. The van der Waals surface area contributed by atoms with E-state index in [1.165, 1.54) is 31.4 Å². The summed E-state index contributed by atoms with van der Waals surface area (Å²) in [5.74, 6) is -3.19. The standard InChI is InChI=1S/C18H12F3N3O4/c1-27-13-5-3-2-4-12(13)16(26)22-11-8-6-10(7-9-11)14(25)15-23-17(28-24-15)18(19,20)21/h2-9H,1H3,(H,22,26). The van der Waals surface area contributed by atoms with Gasteiger partial charge < -0.3 is 14.6 Å². The fourth-order valence-electron chi connectivity index (χ4n) is 2.30. The molecular formula is C18H12F3N3O4. The van der Waals surface area contributed by atoms with Crippen LogP contribution in [0, 0.1) is 0 Å². The molecule has 0 aliphatic heterocycles. The molecule has 0 aliphatic rings. The number of para-hydroxylation sites is 1. The molecule has 7 nitrogen and oxygen atoms in total. The smallest absolute Gasteiger partial charge is 0.471 e. The Balaban J connectivity index is 1.73. The van der Waals surface area contributed by atoms with Gasteiger partial charge in [-0.05, 0) is 36.4 Å². The van der Waals surface area contributed by atoms with Gasteiger partial charge >= 0.3 is 12.1 Å². The first kappa shape index (κ1) is 19.1. The molecule has 0 bridgehead atoms. The highest BCUT2D eigenvalue weighted by Crippen LogP contribution is 2.27. The number of benzene rings is 2. The molecule has 28 heavy (non-hydrogen) atoms. The van der Waals surface area contributed by atoms with Crippen molar-refractivity contribution in [3.63, 3.8) is 0 Å². The van der Waals surface area contributed by atoms with Gasteiger partial charge in [0.05, 0.1) is 12.7 Å². The second-order valence-electron chi connectivity index (χ2n) is 5.48. The van der Waals surface area contributed by atoms with Crippen LogP contribution in [0.1, 0.15) is 32.4 Å². The number of alkyl halides is 3. The largest absolute Gasteiger partial charge is 0.496 e. The predicted molar refractivity (Wildman–Crippen MR) is 90.1 cm³/mol. The lowest BCUT2D eigenvalue weighted by atomic mass is 10.1. The lowest BCUT2D eigenvalue weighted by Crippen LogP contribution is -2.13. The summed E-state index contributed by atoms with van der Waals surface area (Å²) < 4.78 is 46.6. The van der Waals surface area contributed by atoms with Gasteiger partial charge in [-0.25, -0.2) is 0 Å². The van der Waals surface area contributed by atoms with Crippen LogP contribution in [0.2, 0.25) is 0 Å². The number of carbonyl (C=O) groups is 2. The van der Waals surface area contributed by atoms with Crippen molar-refractivity contribution in [2.75, 3.05) is 12.4 Å². The molecule has 0 radical (unpaired) electrons. The minimum Gasteiger partial charge on any atom is -0.496 e. The number of carbonyl (C=O) groups excluding carboxylic acids is 2. The van der Waals surface area contributed by atoms with Gasteiger partial charge in [0.15, 0.2) is 0 Å². The number of ketones is 1. The van der Waals surface area contributed by atoms with Crippen LogP contribution in [-0.4, -0.2) is 28.9 Å². The number of aromatic nitrogens is 2. The SMILES string of the molecule is COc1ccccc1C(=O)Nc1ccc(C(=O)c2noc(C(F)(F)F)n2)cc1. The fraction of sp³-hybridized carbons (Fsp3) is 0.111. The van der Waals surface area contributed by atoms with Crippen LogP contribution in [0.5, 0.6) is 5.75 Å². The van der Waals surface area contributed by atoms with Crippen molar-refractivity contribution in [1.82, 2.24) is 10.1 Å². The van der Waals surface area contributed by atoms with Gasteiger partial charge in [0.25, 0.3) is 5.91 Å². The first-order valence-electron chi connectivity index (χ1n) is 7.79. The first-order chi connectivity index (χ1) is 13.3. The fourth-order valence-corrected chi connectivity index (χ4v) is 2.30. The number of hydrogen-bond donors (Lipinski definition) is 1. The van der Waals surface area contributed by atoms with E-state index in [0.717, 1.165) is 0 Å². The third-order valence-corrected chi connectivity index (χ3v) is 3.63. The van der Waals surface area contributed by atoms with Crippen LogP contribution in [0.25, 0.3) is 0 Å². The minimum atomic E-state index is -4.84. The molecule has 0 saturated carbocycles. The number of methoxy groups -OCH3 is 1. The van der Waals surface area contributed by atoms with Crippen LogP contribution in [0.15, 0.2) is 53.1 Å². The summed E-state index contributed by atoms with van der Waals surface area (Å²) in [6, 6.07) is 12.1. The Morgan fingerprint density at radius 3 is 2.36 bits per heavy atom. The normalized spacial score (nSPS) is 11.1. The van der Waals surface area contributed by atoms with E-state index in [0.29, 0.717) is 17.0 Å². The molecule has 0 saturated heterocycles. The summed E-state index contributed by atoms with van der Waals surface area (Å²) in [5, 5.41) is 5.68. The first-order valence-corrected chi connectivity index (χ1v) is 7.79. The molecule has 144 valence electrons. The molecule has 0 spiro atoms. The van der Waals surface area contributed by atoms with Crippen molar-refractivity contribution >= 4 is 17.4 Å². The zero-order valence-corrected chi connectivity index (χ0v) is 14.3. The number of rotatable bonds is 5. The second kappa shape index (κ2) is 7.51. The molecule has 1 N–H and O–H groups in total. The number of ether oxygens (including phenoxy) is 1. The van der Waals surface area contributed by atoms with E-state index >= 15 is 0 Å². The Bertz CT molecular complexity index is 1010. The number of halogens is 3. The van der Waals surface area contributed by atoms with Gasteiger partial charge in [-0.2, -0.15) is 18.2 Å². The summed E-state index contributed by atoms with van der Waals surface area (Å²) in [5.41, 5.74) is 0.720. The molecule has 3 rings (SSSR count). The van der Waals surface area contributed by atoms with Crippen molar-refractivity contribution in [2.24, 2.45) is 0 Å². The van der Waals surface area contributed by atoms with Gasteiger partial charge in [0.1, 0.15) is 5.75 Å². The number of nitrogens with zero attached hydrogens (tertiary/aromatic N) is 2. The molecule has 1 amide bonds. The maximum absolute atomic E-state index is 12.5. The maximum Gasteiger partial charge on any atom is 0.471 e. The van der Waals surface area contributed by atoms with Gasteiger partial charge in [0, 0.05) is 11.3 Å². The Morgan fingerprint density at radius 1 is 1.07 bits per heavy atom. The van der Waals surface area contributed by atoms with E-state index in [4.69, 9.17) is 4.74 Å². The molecule has 0 atom stereocenters. The Kier molecular flexibility index (Phi) is 5.12. The van der Waals surface area contributed by atoms with E-state index in [-0.39, 0.29) is 5.56 Å². The molecule has 2 aromatic carbocycles. The molecule has 0 fully saturated rings. The van der Waals surface area contributed by atoms with Crippen LogP contribution < -0.4 is 10.1 Å². The maximum atomic E-state index is 12.5. The monoisotopic (exact) mass is 391 g/mol. The third-order valence-electron chi connectivity index (χ3n) is 3.63. The molecule has 0 unspecified atom stereocenters. The summed E-state index contributed by atoms with van der Waals surface area (Å²) in [4.78, 5) is 27.6. The van der Waals surface area contributed by atoms with E-state index in [1.807, 2.05) is 0 Å². The molecule has 3 aromatic rings. The Labute approximate surface area is 156 Å². The Morgan fingerprint density at radius 2 is 1.75 bits per heavy atom. The molecular weight excluding hydrogens is 379 g/mol. The second-order valence-corrected chi connectivity index (χ2v) is 5.48. The highest BCUT2D eigenvalue weighted by molar-refractivity contribution is 6.08. The summed E-state index contributed by atoms with van der Waals surface area (Å²) in [6.07, 6.45) is -4.84. The highest BCUT2D eigenvalue weighted by Gasteiger charge is 2.39. The van der Waals surface area contributed by atoms with Gasteiger partial charge in [0.2, 0.25) is 11.6 Å². The van der Waals surface area contributed by atoms with Crippen molar-refractivity contribution in [3.05, 3.63) is 71.4 Å². The quantitative estimate of drug-likeness (QED) is 0.668. The van der Waals surface area contributed by atoms with Crippen molar-refractivity contribution in [2.45, 2.75) is 6.18 Å². The predicted octanol–water partition coefficient (Wildman–Crippen LogP) is 3.58. The van der Waals surface area contributed by atoms with Crippen LogP contribution in [-0.2, 0) is 6.18 Å². The van der Waals surface area contributed by atoms with E-state index < -0.39 is 29.6 Å². The minimum absolute atomic E-state index is 0.0322. The molecule has 0 aliphatic carbocycles. The van der Waals surface area contributed by atoms with Crippen molar-refractivity contribution in [3.8, 4) is 5.75 Å². The molecule has 10 heteroatoms. The van der Waals surface area contributed by atoms with Crippen molar-refractivity contribution in [1.29, 1.82) is 0 Å². The van der Waals surface area contributed by atoms with Gasteiger partial charge in [-0.15, -0.1) is 0 Å². The summed E-state index contributed by atoms with van der Waals surface area (Å²) >= 11 is 0. The topological polar surface area (TPSA) is 94.3 Å². The number of amides is 1. The molecule has 1 aromatic heterocycles. The van der Waals surface area contributed by atoms with Crippen LogP contribution in [0.3, 0.4) is 0 Å². The van der Waals surface area contributed by atoms with Crippen molar-refractivity contribution < 1.29 is 32.0 Å². The van der Waals surface area contributed by atoms with Crippen LogP contribution in [0.4, 0.5) is 18.9 Å².